The normalized spacial score (nSPS) is 14.8. The van der Waals surface area contributed by atoms with Gasteiger partial charge in [0.2, 0.25) is 0 Å². The van der Waals surface area contributed by atoms with Crippen LogP contribution in [0.2, 0.25) is 0 Å². The summed E-state index contributed by atoms with van der Waals surface area (Å²) in [4.78, 5) is 18.7. The van der Waals surface area contributed by atoms with E-state index in [1.165, 1.54) is 6.42 Å². The molecule has 20 heavy (non-hydrogen) atoms. The number of nitrogen functional groups attached to an aromatic ring is 1. The van der Waals surface area contributed by atoms with Gasteiger partial charge >= 0.3 is 0 Å². The molecule has 1 fully saturated rings. The fourth-order valence-electron chi connectivity index (χ4n) is 2.42. The van der Waals surface area contributed by atoms with Gasteiger partial charge in [-0.1, -0.05) is 0 Å². The maximum absolute atomic E-state index is 12.7. The van der Waals surface area contributed by atoms with Crippen LogP contribution in [0.25, 0.3) is 0 Å². The number of amides is 1. The first kappa shape index (κ1) is 14.7. The number of anilines is 1. The number of aliphatic hydroxyl groups excluding tert-OH is 1. The van der Waals surface area contributed by atoms with Crippen LogP contribution in [0, 0.1) is 6.92 Å². The fraction of sp³-hybridized carbons (Fsp3) is 0.571. The lowest BCUT2D eigenvalue weighted by Crippen LogP contribution is -2.45. The Balaban J connectivity index is 2.19. The van der Waals surface area contributed by atoms with E-state index in [-0.39, 0.29) is 12.5 Å². The van der Waals surface area contributed by atoms with Crippen LogP contribution in [0.1, 0.15) is 41.7 Å². The topological polar surface area (TPSA) is 91.5 Å². The van der Waals surface area contributed by atoms with Crippen molar-refractivity contribution in [3.05, 3.63) is 23.4 Å². The average molecular weight is 278 g/mol. The van der Waals surface area contributed by atoms with E-state index in [0.29, 0.717) is 30.4 Å². The van der Waals surface area contributed by atoms with Crippen LogP contribution < -0.4 is 11.3 Å². The Morgan fingerprint density at radius 3 is 2.85 bits per heavy atom. The molecule has 0 atom stereocenters. The van der Waals surface area contributed by atoms with E-state index in [1.807, 2.05) is 11.8 Å². The maximum Gasteiger partial charge on any atom is 0.254 e. The number of carbonyl (C=O) groups is 1. The molecule has 0 bridgehead atoms. The van der Waals surface area contributed by atoms with Crippen LogP contribution in [0.5, 0.6) is 0 Å². The number of aryl methyl sites for hydroxylation is 1. The Labute approximate surface area is 119 Å². The molecule has 110 valence electrons. The van der Waals surface area contributed by atoms with Crippen molar-refractivity contribution in [1.29, 1.82) is 0 Å². The summed E-state index contributed by atoms with van der Waals surface area (Å²) >= 11 is 0. The van der Waals surface area contributed by atoms with Crippen molar-refractivity contribution in [2.75, 3.05) is 18.6 Å². The molecule has 0 aliphatic heterocycles. The average Bonchev–Trinajstić information content (AvgIpc) is 2.39. The van der Waals surface area contributed by atoms with Crippen molar-refractivity contribution in [3.8, 4) is 0 Å². The molecule has 0 spiro atoms. The van der Waals surface area contributed by atoms with E-state index in [0.717, 1.165) is 18.5 Å². The van der Waals surface area contributed by atoms with E-state index >= 15 is 0 Å². The van der Waals surface area contributed by atoms with E-state index in [9.17, 15) is 4.79 Å². The number of hydrogen-bond acceptors (Lipinski definition) is 5. The Hall–Kier alpha value is -1.66. The molecular formula is C14H22N4O2. The number of aliphatic hydroxyl groups is 1. The van der Waals surface area contributed by atoms with Gasteiger partial charge in [0.1, 0.15) is 5.82 Å². The number of nitrogens with zero attached hydrogens (tertiary/aromatic N) is 2. The molecule has 1 heterocycles. The molecule has 2 rings (SSSR count). The molecule has 1 amide bonds. The molecule has 1 aliphatic carbocycles. The summed E-state index contributed by atoms with van der Waals surface area (Å²) in [5.41, 5.74) is 3.82. The predicted octanol–water partition coefficient (Wildman–Crippen LogP) is 1.05. The van der Waals surface area contributed by atoms with Crippen molar-refractivity contribution >= 4 is 11.7 Å². The minimum absolute atomic E-state index is 0.00912. The lowest BCUT2D eigenvalue weighted by atomic mass is 9.90. The molecule has 4 N–H and O–H groups in total. The molecule has 6 heteroatoms. The Bertz CT molecular complexity index is 474. The van der Waals surface area contributed by atoms with Crippen molar-refractivity contribution < 1.29 is 9.90 Å². The number of nitrogens with two attached hydrogens (primary N) is 1. The van der Waals surface area contributed by atoms with Gasteiger partial charge in [0, 0.05) is 30.5 Å². The first-order valence-corrected chi connectivity index (χ1v) is 7.03. The zero-order valence-corrected chi connectivity index (χ0v) is 11.8. The number of carbonyl (C=O) groups excluding carboxylic acids is 1. The summed E-state index contributed by atoms with van der Waals surface area (Å²) in [6, 6.07) is 3.74. The predicted molar refractivity (Wildman–Crippen MR) is 77.2 cm³/mol. The summed E-state index contributed by atoms with van der Waals surface area (Å²) in [5.74, 6) is 5.85. The molecule has 6 nitrogen and oxygen atoms in total. The SMILES string of the molecule is Cc1cc(C(=O)N(CCCO)C2CCC2)cc(NN)n1. The van der Waals surface area contributed by atoms with Gasteiger partial charge in [0.15, 0.2) is 0 Å². The van der Waals surface area contributed by atoms with E-state index < -0.39 is 0 Å². The Kier molecular flexibility index (Phi) is 4.92. The first-order valence-electron chi connectivity index (χ1n) is 7.03. The molecule has 1 aromatic heterocycles. The summed E-state index contributed by atoms with van der Waals surface area (Å²) in [6.07, 6.45) is 3.86. The molecule has 0 aromatic carbocycles. The molecule has 0 radical (unpaired) electrons. The second-order valence-corrected chi connectivity index (χ2v) is 5.19. The van der Waals surface area contributed by atoms with Gasteiger partial charge in [-0.15, -0.1) is 0 Å². The summed E-state index contributed by atoms with van der Waals surface area (Å²) in [5, 5.41) is 8.99. The number of hydrazine groups is 1. The van der Waals surface area contributed by atoms with Gasteiger partial charge in [-0.25, -0.2) is 10.8 Å². The van der Waals surface area contributed by atoms with Crippen LogP contribution in [0.15, 0.2) is 12.1 Å². The number of rotatable bonds is 6. The zero-order valence-electron chi connectivity index (χ0n) is 11.8. The number of hydrogen-bond donors (Lipinski definition) is 3. The van der Waals surface area contributed by atoms with Gasteiger partial charge in [-0.05, 0) is 44.7 Å². The second-order valence-electron chi connectivity index (χ2n) is 5.19. The number of aromatic nitrogens is 1. The lowest BCUT2D eigenvalue weighted by Gasteiger charge is -2.37. The minimum Gasteiger partial charge on any atom is -0.396 e. The van der Waals surface area contributed by atoms with E-state index in [4.69, 9.17) is 10.9 Å². The standard InChI is InChI=1S/C14H22N4O2/c1-10-8-11(9-13(16-10)17-15)14(20)18(6-3-7-19)12-4-2-5-12/h8-9,12,19H,2-7,15H2,1H3,(H,16,17). The van der Waals surface area contributed by atoms with Crippen LogP contribution in [-0.4, -0.2) is 40.1 Å². The largest absolute Gasteiger partial charge is 0.396 e. The van der Waals surface area contributed by atoms with Gasteiger partial charge in [0.25, 0.3) is 5.91 Å². The monoisotopic (exact) mass is 278 g/mol. The van der Waals surface area contributed by atoms with Gasteiger partial charge in [-0.3, -0.25) is 4.79 Å². The molecule has 1 aromatic rings. The van der Waals surface area contributed by atoms with Crippen molar-refractivity contribution in [1.82, 2.24) is 9.88 Å². The van der Waals surface area contributed by atoms with Crippen LogP contribution in [-0.2, 0) is 0 Å². The molecule has 1 aliphatic rings. The van der Waals surface area contributed by atoms with Crippen LogP contribution >= 0.6 is 0 Å². The van der Waals surface area contributed by atoms with E-state index in [2.05, 4.69) is 10.4 Å². The smallest absolute Gasteiger partial charge is 0.254 e. The highest BCUT2D eigenvalue weighted by Gasteiger charge is 2.29. The van der Waals surface area contributed by atoms with Gasteiger partial charge in [0.05, 0.1) is 0 Å². The molecule has 0 saturated heterocycles. The number of nitrogens with one attached hydrogen (secondary N) is 1. The van der Waals surface area contributed by atoms with Crippen molar-refractivity contribution in [2.45, 2.75) is 38.6 Å². The quantitative estimate of drug-likeness (QED) is 0.534. The Morgan fingerprint density at radius 1 is 1.55 bits per heavy atom. The number of pyridine rings is 1. The Morgan fingerprint density at radius 2 is 2.30 bits per heavy atom. The van der Waals surface area contributed by atoms with Gasteiger partial charge < -0.3 is 15.4 Å². The molecular weight excluding hydrogens is 256 g/mol. The summed E-state index contributed by atoms with van der Waals surface area (Å²) < 4.78 is 0. The highest BCUT2D eigenvalue weighted by Crippen LogP contribution is 2.26. The fourth-order valence-corrected chi connectivity index (χ4v) is 2.42. The van der Waals surface area contributed by atoms with Crippen molar-refractivity contribution in [2.24, 2.45) is 5.84 Å². The maximum atomic E-state index is 12.7. The molecule has 1 saturated carbocycles. The van der Waals surface area contributed by atoms with E-state index in [1.54, 1.807) is 12.1 Å². The second kappa shape index (κ2) is 6.67. The third-order valence-electron chi connectivity index (χ3n) is 3.68. The minimum atomic E-state index is -0.00912. The highest BCUT2D eigenvalue weighted by molar-refractivity contribution is 5.95. The highest BCUT2D eigenvalue weighted by atomic mass is 16.3. The summed E-state index contributed by atoms with van der Waals surface area (Å²) in [7, 11) is 0. The third-order valence-corrected chi connectivity index (χ3v) is 3.68. The summed E-state index contributed by atoms with van der Waals surface area (Å²) in [6.45, 7) is 2.52. The van der Waals surface area contributed by atoms with Crippen LogP contribution in [0.4, 0.5) is 5.82 Å². The van der Waals surface area contributed by atoms with Crippen LogP contribution in [0.3, 0.4) is 0 Å². The lowest BCUT2D eigenvalue weighted by molar-refractivity contribution is 0.0562. The zero-order chi connectivity index (χ0) is 14.5. The van der Waals surface area contributed by atoms with Gasteiger partial charge in [-0.2, -0.15) is 0 Å². The third kappa shape index (κ3) is 3.26. The van der Waals surface area contributed by atoms with Crippen molar-refractivity contribution in [3.63, 3.8) is 0 Å². The molecule has 0 unspecified atom stereocenters. The first-order chi connectivity index (χ1) is 9.65.